The van der Waals surface area contributed by atoms with Crippen molar-refractivity contribution in [2.24, 2.45) is 10.9 Å². The van der Waals surface area contributed by atoms with Gasteiger partial charge in [-0.1, -0.05) is 31.4 Å². The lowest BCUT2D eigenvalue weighted by Crippen LogP contribution is -2.24. The molecule has 0 heterocycles. The minimum atomic E-state index is -0.178. The minimum Gasteiger partial charge on any atom is -0.399 e. The number of anilines is 3. The molecule has 0 aromatic heterocycles. The summed E-state index contributed by atoms with van der Waals surface area (Å²) in [6.07, 6.45) is 7.01. The molecule has 1 saturated carbocycles. The number of carbonyl (C=O) groups excluding carboxylic acids is 2. The third kappa shape index (κ3) is 5.42. The van der Waals surface area contributed by atoms with E-state index in [1.165, 1.54) is 13.3 Å². The van der Waals surface area contributed by atoms with E-state index in [0.717, 1.165) is 31.2 Å². The fourth-order valence-electron chi connectivity index (χ4n) is 3.35. The van der Waals surface area contributed by atoms with Gasteiger partial charge in [0, 0.05) is 30.4 Å². The van der Waals surface area contributed by atoms with Crippen molar-refractivity contribution in [1.82, 2.24) is 0 Å². The molecule has 6 nitrogen and oxygen atoms in total. The fourth-order valence-corrected chi connectivity index (χ4v) is 3.35. The van der Waals surface area contributed by atoms with Crippen LogP contribution < -0.4 is 16.4 Å². The first-order chi connectivity index (χ1) is 13.5. The van der Waals surface area contributed by atoms with Gasteiger partial charge in [0.15, 0.2) is 0 Å². The van der Waals surface area contributed by atoms with Gasteiger partial charge in [0.1, 0.15) is 0 Å². The molecule has 3 rings (SSSR count). The summed E-state index contributed by atoms with van der Waals surface area (Å²) in [5.74, 6) is -0.0473. The number of nitrogens with two attached hydrogens (primary N) is 1. The molecule has 28 heavy (non-hydrogen) atoms. The summed E-state index contributed by atoms with van der Waals surface area (Å²) in [4.78, 5) is 28.5. The van der Waals surface area contributed by atoms with Crippen LogP contribution in [0.4, 0.5) is 22.7 Å². The topological polar surface area (TPSA) is 96.6 Å². The van der Waals surface area contributed by atoms with Crippen LogP contribution in [0, 0.1) is 5.92 Å². The highest BCUT2D eigenvalue weighted by Gasteiger charge is 2.21. The summed E-state index contributed by atoms with van der Waals surface area (Å²) >= 11 is 0. The first kappa shape index (κ1) is 19.6. The van der Waals surface area contributed by atoms with Gasteiger partial charge in [0.05, 0.1) is 11.4 Å². The summed E-state index contributed by atoms with van der Waals surface area (Å²) in [6, 6.07) is 12.7. The van der Waals surface area contributed by atoms with Crippen molar-refractivity contribution in [3.63, 3.8) is 0 Å². The number of carbonyl (C=O) groups is 2. The van der Waals surface area contributed by atoms with Gasteiger partial charge in [-0.05, 0) is 48.7 Å². The van der Waals surface area contributed by atoms with Gasteiger partial charge in [-0.3, -0.25) is 14.6 Å². The van der Waals surface area contributed by atoms with Crippen LogP contribution >= 0.6 is 0 Å². The molecule has 0 spiro atoms. The monoisotopic (exact) mass is 378 g/mol. The summed E-state index contributed by atoms with van der Waals surface area (Å²) in [7, 11) is 0. The van der Waals surface area contributed by atoms with Gasteiger partial charge in [0.25, 0.3) is 0 Å². The summed E-state index contributed by atoms with van der Waals surface area (Å²) in [5.41, 5.74) is 9.13. The standard InChI is InChI=1S/C22H26N4O2/c1-15(27)25-20-12-11-19(26-22(28)17-5-3-2-4-6-17)13-21(20)24-14-16-7-9-18(23)10-8-16/h7-14,17H,2-6,23H2,1H3,(H,25,27)(H,26,28). The Morgan fingerprint density at radius 2 is 1.75 bits per heavy atom. The van der Waals surface area contributed by atoms with Gasteiger partial charge in [-0.2, -0.15) is 0 Å². The van der Waals surface area contributed by atoms with Crippen LogP contribution in [-0.4, -0.2) is 18.0 Å². The van der Waals surface area contributed by atoms with Crippen LogP contribution in [-0.2, 0) is 9.59 Å². The molecule has 6 heteroatoms. The van der Waals surface area contributed by atoms with Crippen molar-refractivity contribution in [2.75, 3.05) is 16.4 Å². The summed E-state index contributed by atoms with van der Waals surface area (Å²) in [5, 5.41) is 5.77. The number of amides is 2. The van der Waals surface area contributed by atoms with E-state index in [4.69, 9.17) is 5.73 Å². The molecular weight excluding hydrogens is 352 g/mol. The van der Waals surface area contributed by atoms with Crippen molar-refractivity contribution in [3.05, 3.63) is 48.0 Å². The molecule has 2 aromatic rings. The number of benzene rings is 2. The number of nitrogen functional groups attached to an aromatic ring is 1. The molecule has 4 N–H and O–H groups in total. The zero-order valence-electron chi connectivity index (χ0n) is 16.1. The maximum atomic E-state index is 12.5. The second kappa shape index (κ2) is 9.17. The molecule has 1 fully saturated rings. The fraction of sp³-hybridized carbons (Fsp3) is 0.318. The Labute approximate surface area is 165 Å². The van der Waals surface area contributed by atoms with Crippen LogP contribution in [0.3, 0.4) is 0 Å². The lowest BCUT2D eigenvalue weighted by molar-refractivity contribution is -0.120. The zero-order chi connectivity index (χ0) is 19.9. The van der Waals surface area contributed by atoms with Gasteiger partial charge >= 0.3 is 0 Å². The van der Waals surface area contributed by atoms with Crippen LogP contribution in [0.25, 0.3) is 0 Å². The largest absolute Gasteiger partial charge is 0.399 e. The first-order valence-electron chi connectivity index (χ1n) is 9.63. The molecule has 146 valence electrons. The molecule has 0 bridgehead atoms. The third-order valence-corrected chi connectivity index (χ3v) is 4.84. The lowest BCUT2D eigenvalue weighted by atomic mass is 9.88. The Balaban J connectivity index is 1.80. The molecule has 0 unspecified atom stereocenters. The van der Waals surface area contributed by atoms with Crippen molar-refractivity contribution in [2.45, 2.75) is 39.0 Å². The maximum Gasteiger partial charge on any atom is 0.227 e. The average Bonchev–Trinajstić information content (AvgIpc) is 2.69. The van der Waals surface area contributed by atoms with E-state index in [1.807, 2.05) is 12.1 Å². The molecule has 2 aromatic carbocycles. The highest BCUT2D eigenvalue weighted by Crippen LogP contribution is 2.30. The molecular formula is C22H26N4O2. The molecule has 0 radical (unpaired) electrons. The van der Waals surface area contributed by atoms with Crippen molar-refractivity contribution in [1.29, 1.82) is 0 Å². The highest BCUT2D eigenvalue weighted by molar-refractivity contribution is 5.97. The summed E-state index contributed by atoms with van der Waals surface area (Å²) in [6.45, 7) is 1.45. The SMILES string of the molecule is CC(=O)Nc1ccc(NC(=O)C2CCCCC2)cc1N=Cc1ccc(N)cc1. The van der Waals surface area contributed by atoms with Crippen molar-refractivity contribution >= 4 is 40.8 Å². The Bertz CT molecular complexity index is 869. The first-order valence-corrected chi connectivity index (χ1v) is 9.63. The number of hydrogen-bond donors (Lipinski definition) is 3. The molecule has 0 aliphatic heterocycles. The second-order valence-corrected chi connectivity index (χ2v) is 7.16. The van der Waals surface area contributed by atoms with E-state index in [1.54, 1.807) is 36.5 Å². The predicted octanol–water partition coefficient (Wildman–Crippen LogP) is 4.50. The zero-order valence-corrected chi connectivity index (χ0v) is 16.1. The molecule has 2 amide bonds. The van der Waals surface area contributed by atoms with E-state index >= 15 is 0 Å². The molecule has 0 saturated heterocycles. The lowest BCUT2D eigenvalue weighted by Gasteiger charge is -2.21. The number of aliphatic imine (C=N–C) groups is 1. The second-order valence-electron chi connectivity index (χ2n) is 7.16. The maximum absolute atomic E-state index is 12.5. The highest BCUT2D eigenvalue weighted by atomic mass is 16.2. The Kier molecular flexibility index (Phi) is 6.42. The van der Waals surface area contributed by atoms with Crippen LogP contribution in [0.1, 0.15) is 44.6 Å². The van der Waals surface area contributed by atoms with Crippen molar-refractivity contribution < 1.29 is 9.59 Å². The number of nitrogens with one attached hydrogen (secondary N) is 2. The van der Waals surface area contributed by atoms with Gasteiger partial charge in [0.2, 0.25) is 11.8 Å². The van der Waals surface area contributed by atoms with Crippen LogP contribution in [0.2, 0.25) is 0 Å². The van der Waals surface area contributed by atoms with Gasteiger partial charge in [-0.15, -0.1) is 0 Å². The van der Waals surface area contributed by atoms with E-state index in [2.05, 4.69) is 15.6 Å². The molecule has 0 atom stereocenters. The predicted molar refractivity (Wildman–Crippen MR) is 114 cm³/mol. The molecule has 1 aliphatic rings. The quantitative estimate of drug-likeness (QED) is 0.528. The van der Waals surface area contributed by atoms with Crippen LogP contribution in [0.15, 0.2) is 47.5 Å². The van der Waals surface area contributed by atoms with Crippen LogP contribution in [0.5, 0.6) is 0 Å². The molecule has 1 aliphatic carbocycles. The van der Waals surface area contributed by atoms with E-state index in [0.29, 0.717) is 22.7 Å². The van der Waals surface area contributed by atoms with E-state index in [9.17, 15) is 9.59 Å². The van der Waals surface area contributed by atoms with Gasteiger partial charge < -0.3 is 16.4 Å². The Morgan fingerprint density at radius 1 is 1.04 bits per heavy atom. The number of nitrogens with zero attached hydrogens (tertiary/aromatic N) is 1. The minimum absolute atomic E-state index is 0.0560. The summed E-state index contributed by atoms with van der Waals surface area (Å²) < 4.78 is 0. The Morgan fingerprint density at radius 3 is 2.43 bits per heavy atom. The van der Waals surface area contributed by atoms with Gasteiger partial charge in [-0.25, -0.2) is 0 Å². The van der Waals surface area contributed by atoms with E-state index < -0.39 is 0 Å². The van der Waals surface area contributed by atoms with E-state index in [-0.39, 0.29) is 17.7 Å². The number of hydrogen-bond acceptors (Lipinski definition) is 4. The third-order valence-electron chi connectivity index (χ3n) is 4.84. The number of rotatable bonds is 5. The smallest absolute Gasteiger partial charge is 0.227 e. The normalized spacial score (nSPS) is 14.8. The van der Waals surface area contributed by atoms with Crippen molar-refractivity contribution in [3.8, 4) is 0 Å². The Hall–Kier alpha value is -3.15. The average molecular weight is 378 g/mol.